The number of benzene rings is 1. The number of nitrogens with one attached hydrogen (secondary N) is 3. The van der Waals surface area contributed by atoms with Gasteiger partial charge in [0, 0.05) is 23.7 Å². The second kappa shape index (κ2) is 8.92. The molecule has 0 aromatic heterocycles. The van der Waals surface area contributed by atoms with Crippen LogP contribution in [-0.2, 0) is 10.5 Å². The van der Waals surface area contributed by atoms with Gasteiger partial charge in [-0.15, -0.1) is 0 Å². The van der Waals surface area contributed by atoms with Crippen molar-refractivity contribution in [3.8, 4) is 5.75 Å². The zero-order valence-electron chi connectivity index (χ0n) is 18.1. The number of hydrogen-bond donors (Lipinski definition) is 4. The van der Waals surface area contributed by atoms with Gasteiger partial charge in [-0.1, -0.05) is 6.92 Å². The van der Waals surface area contributed by atoms with E-state index in [-0.39, 0.29) is 11.2 Å². The number of piperidine rings is 1. The first-order chi connectivity index (χ1) is 15.2. The highest BCUT2D eigenvalue weighted by Gasteiger charge is 2.41. The van der Waals surface area contributed by atoms with Crippen molar-refractivity contribution in [1.29, 1.82) is 0 Å². The normalized spacial score (nSPS) is 25.8. The summed E-state index contributed by atoms with van der Waals surface area (Å²) in [5, 5.41) is 8.99. The topological polar surface area (TPSA) is 92.9 Å². The van der Waals surface area contributed by atoms with Crippen LogP contribution in [0, 0.1) is 11.3 Å². The van der Waals surface area contributed by atoms with E-state index in [1.54, 1.807) is 24.3 Å². The van der Waals surface area contributed by atoms with Crippen molar-refractivity contribution in [2.24, 2.45) is 22.1 Å². The van der Waals surface area contributed by atoms with Crippen LogP contribution in [0.5, 0.6) is 5.75 Å². The summed E-state index contributed by atoms with van der Waals surface area (Å²) in [6, 6.07) is 6.91. The smallest absolute Gasteiger partial charge is 0.421 e. The minimum atomic E-state index is -4.55. The molecule has 0 aliphatic carbocycles. The Morgan fingerprint density at radius 3 is 2.50 bits per heavy atom. The molecule has 3 aliphatic heterocycles. The molecule has 1 atom stereocenters. The van der Waals surface area contributed by atoms with E-state index < -0.39 is 17.5 Å². The summed E-state index contributed by atoms with van der Waals surface area (Å²) < 4.78 is 51.8. The number of hydrogen-bond acceptors (Lipinski definition) is 7. The summed E-state index contributed by atoms with van der Waals surface area (Å²) in [4.78, 5) is 4.02. The number of aliphatic imine (C=N–C) groups is 1. The zero-order valence-corrected chi connectivity index (χ0v) is 18.1. The molecule has 32 heavy (non-hydrogen) atoms. The number of ether oxygens (including phenoxy) is 2. The third kappa shape index (κ3) is 5.19. The fraction of sp³-hybridized carbons (Fsp3) is 0.591. The van der Waals surface area contributed by atoms with E-state index in [1.807, 2.05) is 0 Å². The van der Waals surface area contributed by atoms with Gasteiger partial charge in [-0.25, -0.2) is 4.99 Å². The number of rotatable bonds is 7. The average Bonchev–Trinajstić information content (AvgIpc) is 2.75. The molecule has 0 spiro atoms. The summed E-state index contributed by atoms with van der Waals surface area (Å²) >= 11 is 0. The van der Waals surface area contributed by atoms with E-state index in [1.165, 1.54) is 0 Å². The van der Waals surface area contributed by atoms with E-state index in [0.717, 1.165) is 32.1 Å². The summed E-state index contributed by atoms with van der Waals surface area (Å²) in [7, 11) is 0. The maximum absolute atomic E-state index is 13.6. The average molecular weight is 454 g/mol. The second-order valence-electron chi connectivity index (χ2n) is 9.13. The first-order valence-corrected chi connectivity index (χ1v) is 10.9. The van der Waals surface area contributed by atoms with Gasteiger partial charge in [-0.3, -0.25) is 5.73 Å². The molecule has 0 saturated carbocycles. The monoisotopic (exact) mass is 453 g/mol. The van der Waals surface area contributed by atoms with Crippen LogP contribution in [-0.4, -0.2) is 51.8 Å². The van der Waals surface area contributed by atoms with Gasteiger partial charge in [-0.2, -0.15) is 13.2 Å². The molecule has 5 N–H and O–H groups in total. The Kier molecular flexibility index (Phi) is 6.37. The van der Waals surface area contributed by atoms with Crippen LogP contribution in [0.1, 0.15) is 25.3 Å². The lowest BCUT2D eigenvalue weighted by Crippen LogP contribution is -2.54. The van der Waals surface area contributed by atoms with Crippen LogP contribution >= 0.6 is 0 Å². The Hall–Kier alpha value is -2.30. The third-order valence-electron chi connectivity index (χ3n) is 6.10. The highest BCUT2D eigenvalue weighted by Crippen LogP contribution is 2.32. The SMILES string of the molecule is CC1(COc2ccc(C3(N)N=CC(C(F)(F)F)=C(NCC4CCNCC4)N3)cc2)COC1. The van der Waals surface area contributed by atoms with E-state index in [0.29, 0.717) is 43.6 Å². The van der Waals surface area contributed by atoms with Crippen LogP contribution in [0.3, 0.4) is 0 Å². The maximum atomic E-state index is 13.6. The highest BCUT2D eigenvalue weighted by atomic mass is 19.4. The predicted molar refractivity (Wildman–Crippen MR) is 115 cm³/mol. The zero-order chi connectivity index (χ0) is 22.8. The van der Waals surface area contributed by atoms with Gasteiger partial charge in [-0.05, 0) is 56.1 Å². The Morgan fingerprint density at radius 2 is 1.91 bits per heavy atom. The molecule has 3 heterocycles. The largest absolute Gasteiger partial charge is 0.493 e. The van der Waals surface area contributed by atoms with Gasteiger partial charge >= 0.3 is 6.18 Å². The van der Waals surface area contributed by atoms with Crippen molar-refractivity contribution in [2.75, 3.05) is 39.5 Å². The highest BCUT2D eigenvalue weighted by molar-refractivity contribution is 5.82. The van der Waals surface area contributed by atoms with Gasteiger partial charge in [0.15, 0.2) is 0 Å². The minimum Gasteiger partial charge on any atom is -0.493 e. The maximum Gasteiger partial charge on any atom is 0.421 e. The van der Waals surface area contributed by atoms with Crippen molar-refractivity contribution >= 4 is 6.21 Å². The number of nitrogens with zero attached hydrogens (tertiary/aromatic N) is 1. The van der Waals surface area contributed by atoms with Crippen molar-refractivity contribution in [3.05, 3.63) is 41.2 Å². The molecule has 10 heteroatoms. The molecule has 0 radical (unpaired) electrons. The number of alkyl halides is 3. The molecule has 7 nitrogen and oxygen atoms in total. The standard InChI is InChI=1S/C22H30F3N5O2/c1-20(12-31-13-20)14-32-17-4-2-16(3-5-17)22(26)29-11-18(21(23,24)25)19(30-22)28-10-15-6-8-27-9-7-15/h2-5,11,15,27-28,30H,6-10,12-14,26H2,1H3. The van der Waals surface area contributed by atoms with Crippen molar-refractivity contribution < 1.29 is 22.6 Å². The molecule has 1 unspecified atom stereocenters. The molecule has 4 rings (SSSR count). The predicted octanol–water partition coefficient (Wildman–Crippen LogP) is 2.21. The molecule has 0 bridgehead atoms. The molecule has 176 valence electrons. The fourth-order valence-electron chi connectivity index (χ4n) is 3.95. The lowest BCUT2D eigenvalue weighted by Gasteiger charge is -2.37. The van der Waals surface area contributed by atoms with Gasteiger partial charge in [0.25, 0.3) is 0 Å². The van der Waals surface area contributed by atoms with Gasteiger partial charge < -0.3 is 25.4 Å². The number of allylic oxidation sites excluding steroid dienone is 1. The molecular weight excluding hydrogens is 423 g/mol. The Balaban J connectivity index is 1.45. The van der Waals surface area contributed by atoms with E-state index in [2.05, 4.69) is 27.9 Å². The molecule has 3 aliphatic rings. The van der Waals surface area contributed by atoms with Crippen LogP contribution in [0.2, 0.25) is 0 Å². The van der Waals surface area contributed by atoms with E-state index in [4.69, 9.17) is 15.2 Å². The third-order valence-corrected chi connectivity index (χ3v) is 6.10. The van der Waals surface area contributed by atoms with Crippen molar-refractivity contribution in [2.45, 2.75) is 31.7 Å². The molecular formula is C22H30F3N5O2. The summed E-state index contributed by atoms with van der Waals surface area (Å²) in [6.45, 7) is 6.11. The van der Waals surface area contributed by atoms with Crippen LogP contribution < -0.4 is 26.4 Å². The first-order valence-electron chi connectivity index (χ1n) is 10.9. The molecule has 2 saturated heterocycles. The Morgan fingerprint density at radius 1 is 1.22 bits per heavy atom. The van der Waals surface area contributed by atoms with Crippen LogP contribution in [0.15, 0.2) is 40.7 Å². The minimum absolute atomic E-state index is 0.0107. The van der Waals surface area contributed by atoms with E-state index >= 15 is 0 Å². The molecule has 0 amide bonds. The van der Waals surface area contributed by atoms with Gasteiger partial charge in [0.2, 0.25) is 5.79 Å². The molecule has 1 aromatic carbocycles. The summed E-state index contributed by atoms with van der Waals surface area (Å²) in [5.41, 5.74) is 6.07. The quantitative estimate of drug-likeness (QED) is 0.506. The Labute approximate surface area is 185 Å². The number of halogens is 3. The van der Waals surface area contributed by atoms with Crippen molar-refractivity contribution in [3.63, 3.8) is 0 Å². The molecule has 1 aromatic rings. The van der Waals surface area contributed by atoms with Gasteiger partial charge in [0.1, 0.15) is 17.1 Å². The number of nitrogens with two attached hydrogens (primary N) is 1. The summed E-state index contributed by atoms with van der Waals surface area (Å²) in [6.07, 6.45) is -1.91. The Bertz CT molecular complexity index is 861. The van der Waals surface area contributed by atoms with Gasteiger partial charge in [0.05, 0.1) is 19.8 Å². The lowest BCUT2D eigenvalue weighted by molar-refractivity contribution is -0.120. The van der Waals surface area contributed by atoms with Crippen LogP contribution in [0.4, 0.5) is 13.2 Å². The fourth-order valence-corrected chi connectivity index (χ4v) is 3.95. The van der Waals surface area contributed by atoms with E-state index in [9.17, 15) is 13.2 Å². The van der Waals surface area contributed by atoms with Crippen molar-refractivity contribution in [1.82, 2.24) is 16.0 Å². The first kappa shape index (κ1) is 22.9. The second-order valence-corrected chi connectivity index (χ2v) is 9.13. The summed E-state index contributed by atoms with van der Waals surface area (Å²) in [5.74, 6) is -0.712. The molecule has 2 fully saturated rings. The van der Waals surface area contributed by atoms with Crippen LogP contribution in [0.25, 0.3) is 0 Å². The lowest BCUT2D eigenvalue weighted by atomic mass is 9.90.